The van der Waals surface area contributed by atoms with Crippen LogP contribution in [0.3, 0.4) is 0 Å². The first-order valence-corrected chi connectivity index (χ1v) is 8.34. The lowest BCUT2D eigenvalue weighted by atomic mass is 9.77. The van der Waals surface area contributed by atoms with Crippen LogP contribution in [-0.2, 0) is 0 Å². The molecule has 0 saturated heterocycles. The number of para-hydroxylation sites is 1. The molecule has 1 spiro atoms. The van der Waals surface area contributed by atoms with Gasteiger partial charge in [0.05, 0.1) is 0 Å². The summed E-state index contributed by atoms with van der Waals surface area (Å²) in [4.78, 5) is 0. The van der Waals surface area contributed by atoms with Crippen molar-refractivity contribution in [1.29, 1.82) is 0 Å². The van der Waals surface area contributed by atoms with Gasteiger partial charge in [0.2, 0.25) is 0 Å². The fourth-order valence-electron chi connectivity index (χ4n) is 3.76. The van der Waals surface area contributed by atoms with Gasteiger partial charge in [-0.1, -0.05) is 38.0 Å². The van der Waals surface area contributed by atoms with Crippen molar-refractivity contribution in [2.24, 2.45) is 0 Å². The highest BCUT2D eigenvalue weighted by molar-refractivity contribution is 5.39. The van der Waals surface area contributed by atoms with Crippen molar-refractivity contribution >= 4 is 0 Å². The Morgan fingerprint density at radius 2 is 2.00 bits per heavy atom. The lowest BCUT2D eigenvalue weighted by Gasteiger charge is -2.44. The molecule has 0 aromatic heterocycles. The highest BCUT2D eigenvalue weighted by Crippen LogP contribution is 2.45. The van der Waals surface area contributed by atoms with Crippen LogP contribution in [0.2, 0.25) is 0 Å². The zero-order valence-corrected chi connectivity index (χ0v) is 12.7. The van der Waals surface area contributed by atoms with Gasteiger partial charge in [-0.3, -0.25) is 0 Å². The summed E-state index contributed by atoms with van der Waals surface area (Å²) in [6.07, 6.45) is 10.1. The van der Waals surface area contributed by atoms with Crippen LogP contribution in [0.25, 0.3) is 0 Å². The first-order valence-electron chi connectivity index (χ1n) is 8.34. The summed E-state index contributed by atoms with van der Waals surface area (Å²) in [6.45, 7) is 3.37. The second-order valence-electron chi connectivity index (χ2n) is 6.45. The Hall–Kier alpha value is -1.02. The summed E-state index contributed by atoms with van der Waals surface area (Å²) < 4.78 is 6.46. The predicted molar refractivity (Wildman–Crippen MR) is 83.2 cm³/mol. The summed E-state index contributed by atoms with van der Waals surface area (Å²) in [5.74, 6) is 1.12. The number of nitrogens with one attached hydrogen (secondary N) is 1. The van der Waals surface area contributed by atoms with Crippen molar-refractivity contribution in [3.63, 3.8) is 0 Å². The van der Waals surface area contributed by atoms with Crippen LogP contribution in [0.4, 0.5) is 0 Å². The van der Waals surface area contributed by atoms with Gasteiger partial charge in [-0.25, -0.2) is 0 Å². The van der Waals surface area contributed by atoms with E-state index in [9.17, 15) is 0 Å². The third-order valence-electron chi connectivity index (χ3n) is 4.88. The van der Waals surface area contributed by atoms with Crippen LogP contribution in [0.1, 0.15) is 69.9 Å². The normalized spacial score (nSPS) is 24.1. The van der Waals surface area contributed by atoms with Gasteiger partial charge >= 0.3 is 0 Å². The molecule has 1 fully saturated rings. The van der Waals surface area contributed by atoms with Crippen LogP contribution in [0.15, 0.2) is 24.3 Å². The van der Waals surface area contributed by atoms with Crippen LogP contribution in [0, 0.1) is 0 Å². The summed E-state index contributed by atoms with van der Waals surface area (Å²) in [5.41, 5.74) is 1.47. The van der Waals surface area contributed by atoms with Gasteiger partial charge in [-0.05, 0) is 44.7 Å². The first kappa shape index (κ1) is 13.9. The second-order valence-corrected chi connectivity index (χ2v) is 6.45. The molecule has 0 amide bonds. The fraction of sp³-hybridized carbons (Fsp3) is 0.667. The van der Waals surface area contributed by atoms with E-state index in [0.29, 0.717) is 6.04 Å². The van der Waals surface area contributed by atoms with E-state index in [0.717, 1.165) is 18.7 Å². The van der Waals surface area contributed by atoms with E-state index in [1.807, 2.05) is 0 Å². The second kappa shape index (κ2) is 6.17. The molecule has 1 aliphatic heterocycles. The minimum absolute atomic E-state index is 0.108. The smallest absolute Gasteiger partial charge is 0.124 e. The number of unbranched alkanes of at least 4 members (excludes halogenated alkanes) is 1. The average Bonchev–Trinajstić information content (AvgIpc) is 2.48. The molecule has 1 saturated carbocycles. The van der Waals surface area contributed by atoms with E-state index < -0.39 is 0 Å². The van der Waals surface area contributed by atoms with Crippen LogP contribution in [-0.4, -0.2) is 12.1 Å². The average molecular weight is 273 g/mol. The van der Waals surface area contributed by atoms with Gasteiger partial charge in [0.15, 0.2) is 0 Å². The molecule has 1 unspecified atom stereocenters. The molecular weight excluding hydrogens is 246 g/mol. The van der Waals surface area contributed by atoms with Gasteiger partial charge in [-0.2, -0.15) is 0 Å². The quantitative estimate of drug-likeness (QED) is 0.809. The van der Waals surface area contributed by atoms with Gasteiger partial charge in [0, 0.05) is 18.0 Å². The minimum Gasteiger partial charge on any atom is -0.487 e. The van der Waals surface area contributed by atoms with Gasteiger partial charge < -0.3 is 10.1 Å². The Balaban J connectivity index is 1.80. The van der Waals surface area contributed by atoms with Crippen LogP contribution >= 0.6 is 0 Å². The van der Waals surface area contributed by atoms with E-state index in [4.69, 9.17) is 4.74 Å². The lowest BCUT2D eigenvalue weighted by Crippen LogP contribution is -2.45. The number of fused-ring (bicyclic) bond motifs is 1. The minimum atomic E-state index is 0.108. The van der Waals surface area contributed by atoms with Crippen molar-refractivity contribution in [3.05, 3.63) is 29.8 Å². The highest BCUT2D eigenvalue weighted by Gasteiger charge is 2.41. The van der Waals surface area contributed by atoms with Crippen molar-refractivity contribution < 1.29 is 4.74 Å². The third-order valence-corrected chi connectivity index (χ3v) is 4.88. The maximum absolute atomic E-state index is 6.46. The summed E-state index contributed by atoms with van der Waals surface area (Å²) >= 11 is 0. The van der Waals surface area contributed by atoms with Crippen LogP contribution in [0.5, 0.6) is 5.75 Å². The van der Waals surface area contributed by atoms with E-state index >= 15 is 0 Å². The molecule has 1 atom stereocenters. The summed E-state index contributed by atoms with van der Waals surface area (Å²) in [6, 6.07) is 9.09. The molecular formula is C18H27NO. The molecule has 1 aromatic carbocycles. The lowest BCUT2D eigenvalue weighted by molar-refractivity contribution is -0.00264. The standard InChI is InChI=1S/C18H27NO/c1-2-3-13-19-16-14-18(11-7-4-8-12-18)20-17-10-6-5-9-15(16)17/h5-6,9-10,16,19H,2-4,7-8,11-14H2,1H3. The molecule has 2 heteroatoms. The molecule has 2 aliphatic rings. The van der Waals surface area contributed by atoms with Crippen molar-refractivity contribution in [3.8, 4) is 5.75 Å². The van der Waals surface area contributed by atoms with Crippen LogP contribution < -0.4 is 10.1 Å². The molecule has 1 heterocycles. The Morgan fingerprint density at radius 1 is 1.20 bits per heavy atom. The molecule has 1 N–H and O–H groups in total. The number of benzene rings is 1. The van der Waals surface area contributed by atoms with Gasteiger partial charge in [-0.15, -0.1) is 0 Å². The van der Waals surface area contributed by atoms with Crippen molar-refractivity contribution in [1.82, 2.24) is 5.32 Å². The molecule has 3 rings (SSSR count). The number of ether oxygens (including phenoxy) is 1. The topological polar surface area (TPSA) is 21.3 Å². The molecule has 2 nitrogen and oxygen atoms in total. The summed E-state index contributed by atoms with van der Waals surface area (Å²) in [5, 5.41) is 3.77. The zero-order chi connectivity index (χ0) is 13.8. The first-order chi connectivity index (χ1) is 9.83. The van der Waals surface area contributed by atoms with Gasteiger partial charge in [0.1, 0.15) is 11.4 Å². The predicted octanol–water partition coefficient (Wildman–Crippen LogP) is 4.60. The Morgan fingerprint density at radius 3 is 2.80 bits per heavy atom. The maximum Gasteiger partial charge on any atom is 0.124 e. The monoisotopic (exact) mass is 273 g/mol. The third kappa shape index (κ3) is 2.85. The fourth-order valence-corrected chi connectivity index (χ4v) is 3.76. The van der Waals surface area contributed by atoms with Gasteiger partial charge in [0.25, 0.3) is 0 Å². The van der Waals surface area contributed by atoms with Crippen molar-refractivity contribution in [2.45, 2.75) is 69.9 Å². The molecule has 0 radical (unpaired) electrons. The Kier molecular flexibility index (Phi) is 4.30. The van der Waals surface area contributed by atoms with E-state index in [2.05, 4.69) is 36.5 Å². The summed E-state index contributed by atoms with van der Waals surface area (Å²) in [7, 11) is 0. The largest absolute Gasteiger partial charge is 0.487 e. The van der Waals surface area contributed by atoms with E-state index in [-0.39, 0.29) is 5.60 Å². The number of rotatable bonds is 4. The van der Waals surface area contributed by atoms with Crippen molar-refractivity contribution in [2.75, 3.05) is 6.54 Å². The SMILES string of the molecule is CCCCNC1CC2(CCCCC2)Oc2ccccc21. The molecule has 20 heavy (non-hydrogen) atoms. The number of hydrogen-bond acceptors (Lipinski definition) is 2. The number of hydrogen-bond donors (Lipinski definition) is 1. The van der Waals surface area contributed by atoms with E-state index in [1.165, 1.54) is 50.5 Å². The molecule has 0 bridgehead atoms. The highest BCUT2D eigenvalue weighted by atomic mass is 16.5. The maximum atomic E-state index is 6.46. The molecule has 1 aliphatic carbocycles. The van der Waals surface area contributed by atoms with E-state index in [1.54, 1.807) is 0 Å². The Bertz CT molecular complexity index is 437. The Labute approximate surface area is 122 Å². The molecule has 1 aromatic rings. The molecule has 110 valence electrons. The zero-order valence-electron chi connectivity index (χ0n) is 12.7.